The Kier molecular flexibility index (Phi) is 3.46. The van der Waals surface area contributed by atoms with E-state index in [1.54, 1.807) is 6.20 Å². The van der Waals surface area contributed by atoms with Crippen LogP contribution >= 0.6 is 15.9 Å². The van der Waals surface area contributed by atoms with E-state index < -0.39 is 0 Å². The molecule has 0 radical (unpaired) electrons. The van der Waals surface area contributed by atoms with E-state index in [9.17, 15) is 0 Å². The van der Waals surface area contributed by atoms with Crippen molar-refractivity contribution < 1.29 is 0 Å². The molecule has 1 aromatic carbocycles. The van der Waals surface area contributed by atoms with Gasteiger partial charge in [0, 0.05) is 23.4 Å². The zero-order valence-corrected chi connectivity index (χ0v) is 10.3. The number of hydrogen-bond donors (Lipinski definition) is 2. The van der Waals surface area contributed by atoms with Crippen LogP contribution in [-0.4, -0.2) is 16.3 Å². The smallest absolute Gasteiger partial charge is 0.0585 e. The summed E-state index contributed by atoms with van der Waals surface area (Å²) in [6.45, 7) is 1.61. The van der Waals surface area contributed by atoms with E-state index in [1.807, 2.05) is 35.1 Å². The number of anilines is 2. The summed E-state index contributed by atoms with van der Waals surface area (Å²) in [5.74, 6) is 0. The summed E-state index contributed by atoms with van der Waals surface area (Å²) in [4.78, 5) is 0. The van der Waals surface area contributed by atoms with E-state index in [-0.39, 0.29) is 0 Å². The number of aromatic nitrogens is 2. The summed E-state index contributed by atoms with van der Waals surface area (Å²) < 4.78 is 2.89. The quantitative estimate of drug-likeness (QED) is 0.846. The molecule has 0 amide bonds. The Morgan fingerprint density at radius 3 is 3.06 bits per heavy atom. The molecule has 16 heavy (non-hydrogen) atoms. The van der Waals surface area contributed by atoms with Gasteiger partial charge in [-0.2, -0.15) is 5.10 Å². The Morgan fingerprint density at radius 1 is 1.44 bits per heavy atom. The second kappa shape index (κ2) is 5.03. The predicted molar refractivity (Wildman–Crippen MR) is 69.3 cm³/mol. The molecule has 5 heteroatoms. The van der Waals surface area contributed by atoms with E-state index in [0.29, 0.717) is 0 Å². The topological polar surface area (TPSA) is 55.9 Å². The number of nitrogens with one attached hydrogen (secondary N) is 1. The summed E-state index contributed by atoms with van der Waals surface area (Å²) in [6, 6.07) is 7.68. The molecule has 0 spiro atoms. The number of benzene rings is 1. The molecule has 0 fully saturated rings. The lowest BCUT2D eigenvalue weighted by molar-refractivity contribution is 0.638. The first kappa shape index (κ1) is 11.0. The van der Waals surface area contributed by atoms with Crippen LogP contribution in [0.25, 0.3) is 0 Å². The average molecular weight is 281 g/mol. The second-order valence-corrected chi connectivity index (χ2v) is 4.34. The van der Waals surface area contributed by atoms with Crippen LogP contribution in [0, 0.1) is 0 Å². The first-order valence-corrected chi connectivity index (χ1v) is 5.81. The Labute approximate surface area is 103 Å². The van der Waals surface area contributed by atoms with E-state index >= 15 is 0 Å². The molecule has 84 valence electrons. The van der Waals surface area contributed by atoms with Gasteiger partial charge in [0.2, 0.25) is 0 Å². The van der Waals surface area contributed by atoms with Crippen LogP contribution < -0.4 is 11.1 Å². The van der Waals surface area contributed by atoms with Crippen molar-refractivity contribution in [3.63, 3.8) is 0 Å². The zero-order valence-electron chi connectivity index (χ0n) is 8.73. The van der Waals surface area contributed by atoms with Gasteiger partial charge in [-0.05, 0) is 24.3 Å². The van der Waals surface area contributed by atoms with Crippen molar-refractivity contribution in [3.8, 4) is 0 Å². The standard InChI is InChI=1S/C11H13BrN4/c12-9-2-3-10(13)11(8-9)14-5-7-16-6-1-4-15-16/h1-4,6,8,14H,5,7,13H2. The summed E-state index contributed by atoms with van der Waals surface area (Å²) in [7, 11) is 0. The lowest BCUT2D eigenvalue weighted by Crippen LogP contribution is -2.11. The molecule has 4 nitrogen and oxygen atoms in total. The van der Waals surface area contributed by atoms with Crippen LogP contribution in [-0.2, 0) is 6.54 Å². The third-order valence-corrected chi connectivity index (χ3v) is 2.72. The molecule has 0 bridgehead atoms. The van der Waals surface area contributed by atoms with Crippen LogP contribution in [0.1, 0.15) is 0 Å². The van der Waals surface area contributed by atoms with Gasteiger partial charge >= 0.3 is 0 Å². The van der Waals surface area contributed by atoms with Gasteiger partial charge < -0.3 is 11.1 Å². The molecular formula is C11H13BrN4. The molecular weight excluding hydrogens is 268 g/mol. The first-order valence-electron chi connectivity index (χ1n) is 5.02. The van der Waals surface area contributed by atoms with Gasteiger partial charge in [0.05, 0.1) is 17.9 Å². The Hall–Kier alpha value is -1.49. The van der Waals surface area contributed by atoms with Gasteiger partial charge in [-0.25, -0.2) is 0 Å². The molecule has 0 aliphatic heterocycles. The van der Waals surface area contributed by atoms with Crippen LogP contribution in [0.15, 0.2) is 41.1 Å². The number of nitrogen functional groups attached to an aromatic ring is 1. The largest absolute Gasteiger partial charge is 0.397 e. The highest BCUT2D eigenvalue weighted by molar-refractivity contribution is 9.10. The van der Waals surface area contributed by atoms with Gasteiger partial charge in [-0.15, -0.1) is 0 Å². The number of nitrogens with zero attached hydrogens (tertiary/aromatic N) is 2. The summed E-state index contributed by atoms with van der Waals surface area (Å²) in [5, 5.41) is 7.40. The minimum absolute atomic E-state index is 0.753. The van der Waals surface area contributed by atoms with Crippen LogP contribution in [0.2, 0.25) is 0 Å². The molecule has 3 N–H and O–H groups in total. The van der Waals surface area contributed by atoms with Gasteiger partial charge in [-0.3, -0.25) is 4.68 Å². The summed E-state index contributed by atoms with van der Waals surface area (Å²) in [5.41, 5.74) is 7.54. The minimum atomic E-state index is 0.753. The lowest BCUT2D eigenvalue weighted by Gasteiger charge is -2.09. The third-order valence-electron chi connectivity index (χ3n) is 2.23. The molecule has 0 saturated heterocycles. The number of hydrogen-bond acceptors (Lipinski definition) is 3. The number of halogens is 1. The van der Waals surface area contributed by atoms with Gasteiger partial charge in [-0.1, -0.05) is 15.9 Å². The van der Waals surface area contributed by atoms with E-state index in [0.717, 1.165) is 28.9 Å². The van der Waals surface area contributed by atoms with Crippen molar-refractivity contribution in [2.75, 3.05) is 17.6 Å². The maximum absolute atomic E-state index is 5.84. The van der Waals surface area contributed by atoms with Crippen molar-refractivity contribution in [3.05, 3.63) is 41.1 Å². The van der Waals surface area contributed by atoms with Crippen LogP contribution in [0.4, 0.5) is 11.4 Å². The van der Waals surface area contributed by atoms with Gasteiger partial charge in [0.25, 0.3) is 0 Å². The molecule has 0 saturated carbocycles. The van der Waals surface area contributed by atoms with Crippen molar-refractivity contribution >= 4 is 27.3 Å². The SMILES string of the molecule is Nc1ccc(Br)cc1NCCn1cccn1. The van der Waals surface area contributed by atoms with Crippen molar-refractivity contribution in [2.45, 2.75) is 6.54 Å². The van der Waals surface area contributed by atoms with Gasteiger partial charge in [0.15, 0.2) is 0 Å². The predicted octanol–water partition coefficient (Wildman–Crippen LogP) is 2.34. The highest BCUT2D eigenvalue weighted by atomic mass is 79.9. The van der Waals surface area contributed by atoms with Crippen LogP contribution in [0.3, 0.4) is 0 Å². The van der Waals surface area contributed by atoms with E-state index in [2.05, 4.69) is 26.3 Å². The normalized spacial score (nSPS) is 10.3. The van der Waals surface area contributed by atoms with Crippen LogP contribution in [0.5, 0.6) is 0 Å². The molecule has 1 heterocycles. The number of nitrogens with two attached hydrogens (primary N) is 1. The van der Waals surface area contributed by atoms with E-state index in [1.165, 1.54) is 0 Å². The molecule has 0 aliphatic rings. The fourth-order valence-electron chi connectivity index (χ4n) is 1.42. The molecule has 0 unspecified atom stereocenters. The second-order valence-electron chi connectivity index (χ2n) is 3.43. The van der Waals surface area contributed by atoms with Crippen molar-refractivity contribution in [1.82, 2.24) is 9.78 Å². The highest BCUT2D eigenvalue weighted by Crippen LogP contribution is 2.22. The Bertz CT molecular complexity index is 453. The van der Waals surface area contributed by atoms with Crippen molar-refractivity contribution in [1.29, 1.82) is 0 Å². The first-order chi connectivity index (χ1) is 7.75. The van der Waals surface area contributed by atoms with Gasteiger partial charge in [0.1, 0.15) is 0 Å². The Morgan fingerprint density at radius 2 is 2.31 bits per heavy atom. The minimum Gasteiger partial charge on any atom is -0.397 e. The third kappa shape index (κ3) is 2.76. The van der Waals surface area contributed by atoms with E-state index in [4.69, 9.17) is 5.73 Å². The maximum Gasteiger partial charge on any atom is 0.0585 e. The lowest BCUT2D eigenvalue weighted by atomic mass is 10.3. The summed E-state index contributed by atoms with van der Waals surface area (Å²) >= 11 is 3.41. The van der Waals surface area contributed by atoms with Crippen molar-refractivity contribution in [2.24, 2.45) is 0 Å². The zero-order chi connectivity index (χ0) is 11.4. The molecule has 1 aromatic heterocycles. The number of rotatable bonds is 4. The fraction of sp³-hybridized carbons (Fsp3) is 0.182. The Balaban J connectivity index is 1.92. The average Bonchev–Trinajstić information content (AvgIpc) is 2.76. The molecule has 0 aliphatic carbocycles. The fourth-order valence-corrected chi connectivity index (χ4v) is 1.78. The molecule has 2 aromatic rings. The highest BCUT2D eigenvalue weighted by Gasteiger charge is 1.99. The monoisotopic (exact) mass is 280 g/mol. The molecule has 0 atom stereocenters. The maximum atomic E-state index is 5.84. The summed E-state index contributed by atoms with van der Waals surface area (Å²) in [6.07, 6.45) is 3.71. The molecule has 2 rings (SSSR count).